The minimum Gasteiger partial charge on any atom is -0.367 e. The third-order valence-corrected chi connectivity index (χ3v) is 3.84. The summed E-state index contributed by atoms with van der Waals surface area (Å²) in [6.45, 7) is 8.08. The van der Waals surface area contributed by atoms with Crippen molar-refractivity contribution in [3.8, 4) is 0 Å². The summed E-state index contributed by atoms with van der Waals surface area (Å²) in [5, 5.41) is 0. The van der Waals surface area contributed by atoms with Crippen molar-refractivity contribution in [1.82, 2.24) is 4.90 Å². The summed E-state index contributed by atoms with van der Waals surface area (Å²) >= 11 is 0. The summed E-state index contributed by atoms with van der Waals surface area (Å²) in [6, 6.07) is 0. The van der Waals surface area contributed by atoms with Crippen LogP contribution in [0.2, 0.25) is 0 Å². The van der Waals surface area contributed by atoms with Gasteiger partial charge < -0.3 is 15.4 Å². The molecule has 1 heterocycles. The second kappa shape index (κ2) is 8.63. The summed E-state index contributed by atoms with van der Waals surface area (Å²) in [7, 11) is 0. The first-order chi connectivity index (χ1) is 9.48. The van der Waals surface area contributed by atoms with Crippen LogP contribution in [0.1, 0.15) is 65.7 Å². The van der Waals surface area contributed by atoms with Gasteiger partial charge in [-0.05, 0) is 20.3 Å². The van der Waals surface area contributed by atoms with E-state index >= 15 is 0 Å². The van der Waals surface area contributed by atoms with Crippen LogP contribution in [0.5, 0.6) is 0 Å². The Labute approximate surface area is 124 Å². The van der Waals surface area contributed by atoms with Crippen molar-refractivity contribution in [3.63, 3.8) is 0 Å². The topological polar surface area (TPSA) is 55.6 Å². The highest BCUT2D eigenvalue weighted by Crippen LogP contribution is 2.21. The fraction of sp³-hybridized carbons (Fsp3) is 0.938. The molecule has 2 N–H and O–H groups in total. The van der Waals surface area contributed by atoms with E-state index in [0.29, 0.717) is 26.1 Å². The van der Waals surface area contributed by atoms with Crippen molar-refractivity contribution in [3.05, 3.63) is 0 Å². The maximum Gasteiger partial charge on any atom is 0.222 e. The second-order valence-corrected chi connectivity index (χ2v) is 6.53. The number of nitrogens with zero attached hydrogens (tertiary/aromatic N) is 1. The molecule has 0 bridgehead atoms. The molecule has 0 saturated carbocycles. The number of amides is 1. The van der Waals surface area contributed by atoms with Crippen molar-refractivity contribution in [2.24, 2.45) is 5.73 Å². The molecule has 0 aromatic heterocycles. The van der Waals surface area contributed by atoms with E-state index in [0.717, 1.165) is 6.42 Å². The Balaban J connectivity index is 2.27. The van der Waals surface area contributed by atoms with Crippen LogP contribution in [0.15, 0.2) is 0 Å². The lowest BCUT2D eigenvalue weighted by atomic mass is 10.0. The largest absolute Gasteiger partial charge is 0.367 e. The Morgan fingerprint density at radius 1 is 1.25 bits per heavy atom. The van der Waals surface area contributed by atoms with Crippen LogP contribution < -0.4 is 5.73 Å². The molecule has 1 amide bonds. The zero-order valence-corrected chi connectivity index (χ0v) is 13.5. The first-order valence-electron chi connectivity index (χ1n) is 8.14. The molecule has 118 valence electrons. The normalized spacial score (nSPS) is 22.0. The molecule has 1 unspecified atom stereocenters. The van der Waals surface area contributed by atoms with Crippen LogP contribution in [0.3, 0.4) is 0 Å². The average Bonchev–Trinajstić information content (AvgIpc) is 2.40. The minimum absolute atomic E-state index is 0.0211. The molecule has 0 aliphatic carbocycles. The molecule has 1 atom stereocenters. The van der Waals surface area contributed by atoms with Gasteiger partial charge in [-0.15, -0.1) is 0 Å². The molecule has 4 heteroatoms. The first kappa shape index (κ1) is 17.4. The van der Waals surface area contributed by atoms with E-state index in [1.807, 2.05) is 18.7 Å². The van der Waals surface area contributed by atoms with Crippen LogP contribution in [-0.2, 0) is 9.53 Å². The average molecular weight is 284 g/mol. The predicted molar refractivity (Wildman–Crippen MR) is 82.6 cm³/mol. The van der Waals surface area contributed by atoms with E-state index in [-0.39, 0.29) is 17.6 Å². The smallest absolute Gasteiger partial charge is 0.222 e. The number of ether oxygens (including phenoxy) is 1. The molecule has 0 radical (unpaired) electrons. The zero-order chi connectivity index (χ0) is 15.0. The van der Waals surface area contributed by atoms with E-state index in [4.69, 9.17) is 10.5 Å². The predicted octanol–water partition coefficient (Wildman–Crippen LogP) is 2.70. The number of carbonyl (C=O) groups excluding carboxylic acids is 1. The molecule has 1 fully saturated rings. The van der Waals surface area contributed by atoms with Crippen LogP contribution in [0, 0.1) is 0 Å². The van der Waals surface area contributed by atoms with Gasteiger partial charge in [0.2, 0.25) is 5.91 Å². The number of morpholine rings is 1. The van der Waals surface area contributed by atoms with Gasteiger partial charge in [0.05, 0.1) is 11.7 Å². The number of unbranched alkanes of at least 4 members (excludes halogenated alkanes) is 5. The highest BCUT2D eigenvalue weighted by molar-refractivity contribution is 5.76. The molecule has 1 aliphatic rings. The van der Waals surface area contributed by atoms with Gasteiger partial charge in [0.15, 0.2) is 0 Å². The summed E-state index contributed by atoms with van der Waals surface area (Å²) < 4.78 is 5.85. The molecule has 4 nitrogen and oxygen atoms in total. The Bertz CT molecular complexity index is 292. The fourth-order valence-electron chi connectivity index (χ4n) is 2.82. The van der Waals surface area contributed by atoms with Crippen molar-refractivity contribution >= 4 is 5.91 Å². The van der Waals surface area contributed by atoms with Crippen LogP contribution in [-0.4, -0.2) is 42.1 Å². The Morgan fingerprint density at radius 3 is 2.55 bits per heavy atom. The van der Waals surface area contributed by atoms with Gasteiger partial charge in [-0.3, -0.25) is 4.79 Å². The molecule has 0 aromatic rings. The molecule has 0 spiro atoms. The molecule has 0 aromatic carbocycles. The minimum atomic E-state index is -0.279. The third kappa shape index (κ3) is 6.23. The van der Waals surface area contributed by atoms with Gasteiger partial charge in [0, 0.05) is 26.1 Å². The van der Waals surface area contributed by atoms with Crippen LogP contribution in [0.4, 0.5) is 0 Å². The van der Waals surface area contributed by atoms with Crippen molar-refractivity contribution < 1.29 is 9.53 Å². The first-order valence-corrected chi connectivity index (χ1v) is 8.14. The standard InChI is InChI=1S/C16H32N2O2/c1-4-5-6-7-8-9-10-15(19)18-12-14(11-17)20-16(2,3)13-18/h14H,4-13,17H2,1-3H3. The Morgan fingerprint density at radius 2 is 1.90 bits per heavy atom. The van der Waals surface area contributed by atoms with Gasteiger partial charge in [-0.25, -0.2) is 0 Å². The second-order valence-electron chi connectivity index (χ2n) is 6.53. The highest BCUT2D eigenvalue weighted by atomic mass is 16.5. The number of hydrogen-bond acceptors (Lipinski definition) is 3. The third-order valence-electron chi connectivity index (χ3n) is 3.84. The lowest BCUT2D eigenvalue weighted by molar-refractivity contribution is -0.159. The number of carbonyl (C=O) groups is 1. The number of nitrogens with two attached hydrogens (primary N) is 1. The molecule has 20 heavy (non-hydrogen) atoms. The lowest BCUT2D eigenvalue weighted by Crippen LogP contribution is -2.56. The van der Waals surface area contributed by atoms with Crippen LogP contribution in [0.25, 0.3) is 0 Å². The van der Waals surface area contributed by atoms with E-state index in [1.165, 1.54) is 32.1 Å². The highest BCUT2D eigenvalue weighted by Gasteiger charge is 2.34. The molecular weight excluding hydrogens is 252 g/mol. The quantitative estimate of drug-likeness (QED) is 0.697. The zero-order valence-electron chi connectivity index (χ0n) is 13.5. The van der Waals surface area contributed by atoms with E-state index < -0.39 is 0 Å². The number of hydrogen-bond donors (Lipinski definition) is 1. The SMILES string of the molecule is CCCCCCCCC(=O)N1CC(CN)OC(C)(C)C1. The number of rotatable bonds is 8. The van der Waals surface area contributed by atoms with E-state index in [9.17, 15) is 4.79 Å². The molecule has 1 rings (SSSR count). The molecule has 1 saturated heterocycles. The van der Waals surface area contributed by atoms with Crippen molar-refractivity contribution in [2.45, 2.75) is 77.4 Å². The van der Waals surface area contributed by atoms with Gasteiger partial charge in [0.1, 0.15) is 0 Å². The summed E-state index contributed by atoms with van der Waals surface area (Å²) in [5.74, 6) is 0.260. The van der Waals surface area contributed by atoms with Crippen molar-refractivity contribution in [1.29, 1.82) is 0 Å². The Hall–Kier alpha value is -0.610. The van der Waals surface area contributed by atoms with Crippen molar-refractivity contribution in [2.75, 3.05) is 19.6 Å². The van der Waals surface area contributed by atoms with Gasteiger partial charge in [0.25, 0.3) is 0 Å². The maximum atomic E-state index is 12.3. The monoisotopic (exact) mass is 284 g/mol. The molecular formula is C16H32N2O2. The van der Waals surface area contributed by atoms with Gasteiger partial charge in [-0.1, -0.05) is 39.0 Å². The Kier molecular flexibility index (Phi) is 7.52. The van der Waals surface area contributed by atoms with E-state index in [1.54, 1.807) is 0 Å². The van der Waals surface area contributed by atoms with Gasteiger partial charge >= 0.3 is 0 Å². The van der Waals surface area contributed by atoms with E-state index in [2.05, 4.69) is 6.92 Å². The molecule has 1 aliphatic heterocycles. The summed E-state index contributed by atoms with van der Waals surface area (Å²) in [5.41, 5.74) is 5.41. The fourth-order valence-corrected chi connectivity index (χ4v) is 2.82. The summed E-state index contributed by atoms with van der Waals surface area (Å²) in [6.07, 6.45) is 7.94. The van der Waals surface area contributed by atoms with Gasteiger partial charge in [-0.2, -0.15) is 0 Å². The maximum absolute atomic E-state index is 12.3. The lowest BCUT2D eigenvalue weighted by Gasteiger charge is -2.42. The summed E-state index contributed by atoms with van der Waals surface area (Å²) in [4.78, 5) is 14.2. The van der Waals surface area contributed by atoms with Crippen LogP contribution >= 0.6 is 0 Å².